The summed E-state index contributed by atoms with van der Waals surface area (Å²) in [6.45, 7) is 9.58. The highest BCUT2D eigenvalue weighted by atomic mass is 32.2. The van der Waals surface area contributed by atoms with E-state index in [9.17, 15) is 13.5 Å². The van der Waals surface area contributed by atoms with Crippen molar-refractivity contribution in [3.05, 3.63) is 53.6 Å². The fourth-order valence-corrected chi connectivity index (χ4v) is 6.91. The molecule has 39 heavy (non-hydrogen) atoms. The van der Waals surface area contributed by atoms with Gasteiger partial charge in [0.1, 0.15) is 35.2 Å². The average molecular weight is 552 g/mol. The number of pyridine rings is 1. The molecule has 0 unspecified atom stereocenters. The van der Waals surface area contributed by atoms with Gasteiger partial charge in [0, 0.05) is 35.1 Å². The predicted octanol–water partition coefficient (Wildman–Crippen LogP) is 3.97. The van der Waals surface area contributed by atoms with E-state index in [4.69, 9.17) is 15.5 Å². The van der Waals surface area contributed by atoms with Gasteiger partial charge in [-0.05, 0) is 68.7 Å². The summed E-state index contributed by atoms with van der Waals surface area (Å²) in [5.41, 5.74) is 9.88. The van der Waals surface area contributed by atoms with E-state index in [0.717, 1.165) is 47.7 Å². The average Bonchev–Trinajstić information content (AvgIpc) is 3.08. The minimum absolute atomic E-state index is 0.0210. The molecule has 0 saturated carbocycles. The molecule has 208 valence electrons. The zero-order valence-electron chi connectivity index (χ0n) is 23.1. The third kappa shape index (κ3) is 6.01. The van der Waals surface area contributed by atoms with Crippen LogP contribution in [-0.4, -0.2) is 53.0 Å². The highest BCUT2D eigenvalue weighted by molar-refractivity contribution is 7.91. The molecule has 10 heteroatoms. The number of nitrogen functional groups attached to an aromatic ring is 1. The zero-order valence-corrected chi connectivity index (χ0v) is 23.9. The van der Waals surface area contributed by atoms with Crippen LogP contribution in [0.15, 0.2) is 41.7 Å². The number of nitrogens with zero attached hydrogens (tertiary/aromatic N) is 4. The van der Waals surface area contributed by atoms with Crippen molar-refractivity contribution in [3.8, 4) is 16.9 Å². The topological polar surface area (TPSA) is 132 Å². The Labute approximate surface area is 230 Å². The monoisotopic (exact) mass is 551 g/mol. The Morgan fingerprint density at radius 3 is 2.72 bits per heavy atom. The SMILES string of the molecule is CC(C)(O)CCS(=O)(=O)c1cc(-c2ccc3c(c2)CN(c2ncnc4c2CC(C)(C)CC4)CCO3)cnc1N. The van der Waals surface area contributed by atoms with Crippen molar-refractivity contribution < 1.29 is 18.3 Å². The molecule has 0 bridgehead atoms. The molecule has 0 atom stereocenters. The minimum Gasteiger partial charge on any atom is -0.491 e. The highest BCUT2D eigenvalue weighted by Crippen LogP contribution is 2.39. The lowest BCUT2D eigenvalue weighted by Crippen LogP contribution is -2.31. The molecule has 1 aliphatic heterocycles. The number of hydrogen-bond acceptors (Lipinski definition) is 9. The first kappa shape index (κ1) is 27.3. The Morgan fingerprint density at radius 1 is 1.15 bits per heavy atom. The molecule has 1 aromatic carbocycles. The molecule has 2 aliphatic rings. The van der Waals surface area contributed by atoms with E-state index in [-0.39, 0.29) is 28.3 Å². The Bertz CT molecular complexity index is 1500. The van der Waals surface area contributed by atoms with Gasteiger partial charge >= 0.3 is 0 Å². The number of aryl methyl sites for hydroxylation is 1. The molecule has 1 aliphatic carbocycles. The molecule has 0 fully saturated rings. The molecule has 0 amide bonds. The summed E-state index contributed by atoms with van der Waals surface area (Å²) in [7, 11) is -3.74. The normalized spacial score (nSPS) is 17.1. The zero-order chi connectivity index (χ0) is 28.0. The minimum atomic E-state index is -3.74. The molecule has 5 rings (SSSR count). The first-order valence-electron chi connectivity index (χ1n) is 13.4. The van der Waals surface area contributed by atoms with Crippen LogP contribution in [-0.2, 0) is 29.2 Å². The van der Waals surface area contributed by atoms with Crippen molar-refractivity contribution >= 4 is 21.5 Å². The summed E-state index contributed by atoms with van der Waals surface area (Å²) in [6.07, 6.45) is 6.34. The van der Waals surface area contributed by atoms with Crippen molar-refractivity contribution in [1.82, 2.24) is 15.0 Å². The molecule has 9 nitrogen and oxygen atoms in total. The van der Waals surface area contributed by atoms with Gasteiger partial charge in [-0.3, -0.25) is 0 Å². The Kier molecular flexibility index (Phi) is 7.05. The number of sulfone groups is 1. The Morgan fingerprint density at radius 2 is 1.95 bits per heavy atom. The number of aliphatic hydroxyl groups is 1. The summed E-state index contributed by atoms with van der Waals surface area (Å²) in [6, 6.07) is 7.42. The van der Waals surface area contributed by atoms with Gasteiger partial charge < -0.3 is 20.5 Å². The van der Waals surface area contributed by atoms with Gasteiger partial charge in [-0.2, -0.15) is 0 Å². The molecule has 0 radical (unpaired) electrons. The van der Waals surface area contributed by atoms with Gasteiger partial charge in [0.2, 0.25) is 0 Å². The highest BCUT2D eigenvalue weighted by Gasteiger charge is 2.31. The number of aromatic nitrogens is 3. The van der Waals surface area contributed by atoms with Crippen LogP contribution in [0.3, 0.4) is 0 Å². The maximum absolute atomic E-state index is 13.1. The first-order chi connectivity index (χ1) is 18.3. The van der Waals surface area contributed by atoms with Crippen LogP contribution in [0.2, 0.25) is 0 Å². The second kappa shape index (κ2) is 10.1. The van der Waals surface area contributed by atoms with Crippen LogP contribution < -0.4 is 15.4 Å². The van der Waals surface area contributed by atoms with E-state index in [2.05, 4.69) is 28.7 Å². The van der Waals surface area contributed by atoms with Crippen LogP contribution in [0.1, 0.15) is 57.4 Å². The first-order valence-corrected chi connectivity index (χ1v) is 15.0. The quantitative estimate of drug-likeness (QED) is 0.467. The number of nitrogens with two attached hydrogens (primary N) is 1. The van der Waals surface area contributed by atoms with Crippen LogP contribution in [0.5, 0.6) is 5.75 Å². The lowest BCUT2D eigenvalue weighted by atomic mass is 9.76. The van der Waals surface area contributed by atoms with Crippen LogP contribution in [0.4, 0.5) is 11.6 Å². The summed E-state index contributed by atoms with van der Waals surface area (Å²) < 4.78 is 32.2. The molecule has 0 saturated heterocycles. The van der Waals surface area contributed by atoms with Crippen molar-refractivity contribution in [2.75, 3.05) is 29.5 Å². The van der Waals surface area contributed by atoms with Crippen molar-refractivity contribution in [3.63, 3.8) is 0 Å². The fraction of sp³-hybridized carbons (Fsp3) is 0.483. The van der Waals surface area contributed by atoms with E-state index in [1.54, 1.807) is 32.4 Å². The molecule has 3 heterocycles. The Balaban J connectivity index is 1.46. The summed E-state index contributed by atoms with van der Waals surface area (Å²) >= 11 is 0. The molecule has 2 aromatic heterocycles. The van der Waals surface area contributed by atoms with Crippen molar-refractivity contribution in [2.45, 2.75) is 70.4 Å². The van der Waals surface area contributed by atoms with Gasteiger partial charge in [0.25, 0.3) is 0 Å². The standard InChI is InChI=1S/C29H37N5O4S/c1-28(2)8-7-23-22(15-28)27(33-18-32-23)34-10-11-38-24-6-5-19(13-21(24)17-34)20-14-25(26(30)31-16-20)39(36,37)12-9-29(3,4)35/h5-6,13-14,16,18,35H,7-12,15,17H2,1-4H3,(H2,30,31). The van der Waals surface area contributed by atoms with Crippen LogP contribution in [0, 0.1) is 5.41 Å². The smallest absolute Gasteiger partial charge is 0.182 e. The van der Waals surface area contributed by atoms with E-state index < -0.39 is 15.4 Å². The molecule has 3 aromatic rings. The Hall–Kier alpha value is -3.24. The number of fused-ring (bicyclic) bond motifs is 2. The number of anilines is 2. The largest absolute Gasteiger partial charge is 0.491 e. The van der Waals surface area contributed by atoms with Crippen LogP contribution >= 0.6 is 0 Å². The number of rotatable bonds is 6. The van der Waals surface area contributed by atoms with Crippen molar-refractivity contribution in [2.24, 2.45) is 5.41 Å². The maximum atomic E-state index is 13.1. The number of hydrogen-bond donors (Lipinski definition) is 2. The molecule has 0 spiro atoms. The number of benzene rings is 1. The van der Waals surface area contributed by atoms with E-state index in [0.29, 0.717) is 25.3 Å². The van der Waals surface area contributed by atoms with Gasteiger partial charge in [-0.1, -0.05) is 19.9 Å². The van der Waals surface area contributed by atoms with Gasteiger partial charge in [-0.25, -0.2) is 23.4 Å². The number of ether oxygens (including phenoxy) is 1. The summed E-state index contributed by atoms with van der Waals surface area (Å²) in [5.74, 6) is 1.49. The van der Waals surface area contributed by atoms with E-state index in [1.807, 2.05) is 18.2 Å². The van der Waals surface area contributed by atoms with E-state index in [1.165, 1.54) is 5.56 Å². The molecular weight excluding hydrogens is 514 g/mol. The van der Waals surface area contributed by atoms with Gasteiger partial charge in [0.05, 0.1) is 17.9 Å². The second-order valence-corrected chi connectivity index (χ2v) is 14.1. The second-order valence-electron chi connectivity index (χ2n) is 12.0. The third-order valence-electron chi connectivity index (χ3n) is 7.58. The van der Waals surface area contributed by atoms with Gasteiger partial charge in [-0.15, -0.1) is 0 Å². The molecule has 3 N–H and O–H groups in total. The fourth-order valence-electron chi connectivity index (χ4n) is 5.24. The predicted molar refractivity (Wildman–Crippen MR) is 151 cm³/mol. The third-order valence-corrected chi connectivity index (χ3v) is 9.32. The van der Waals surface area contributed by atoms with Crippen LogP contribution in [0.25, 0.3) is 11.1 Å². The summed E-state index contributed by atoms with van der Waals surface area (Å²) in [5, 5.41) is 10.0. The van der Waals surface area contributed by atoms with Crippen molar-refractivity contribution in [1.29, 1.82) is 0 Å². The van der Waals surface area contributed by atoms with E-state index >= 15 is 0 Å². The lowest BCUT2D eigenvalue weighted by molar-refractivity contribution is 0.0772. The summed E-state index contributed by atoms with van der Waals surface area (Å²) in [4.78, 5) is 15.7. The maximum Gasteiger partial charge on any atom is 0.182 e. The van der Waals surface area contributed by atoms with Gasteiger partial charge in [0.15, 0.2) is 9.84 Å². The molecular formula is C29H37N5O4S. The lowest BCUT2D eigenvalue weighted by Gasteiger charge is -2.33.